The highest BCUT2D eigenvalue weighted by atomic mass is 16.4. The van der Waals surface area contributed by atoms with Gasteiger partial charge in [0.1, 0.15) is 0 Å². The second-order valence-corrected chi connectivity index (χ2v) is 6.35. The van der Waals surface area contributed by atoms with Crippen molar-refractivity contribution < 1.29 is 5.21 Å². The fraction of sp³-hybridized carbons (Fsp3) is 0.588. The van der Waals surface area contributed by atoms with Crippen LogP contribution >= 0.6 is 0 Å². The largest absolute Gasteiger partial charge is 0.409 e. The molecule has 2 heterocycles. The first kappa shape index (κ1) is 15.2. The molecule has 0 radical (unpaired) electrons. The number of likely N-dealkylation sites (tertiary alicyclic amines) is 1. The molecule has 120 valence electrons. The summed E-state index contributed by atoms with van der Waals surface area (Å²) in [4.78, 5) is 5.14. The Kier molecular flexibility index (Phi) is 4.83. The molecule has 0 atom stereocenters. The van der Waals surface area contributed by atoms with E-state index < -0.39 is 0 Å². The van der Waals surface area contributed by atoms with Crippen LogP contribution in [0.5, 0.6) is 0 Å². The van der Waals surface area contributed by atoms with Gasteiger partial charge in [0, 0.05) is 30.4 Å². The highest BCUT2D eigenvalue weighted by Crippen LogP contribution is 2.24. The smallest absolute Gasteiger partial charge is 0.170 e. The lowest BCUT2D eigenvalue weighted by Crippen LogP contribution is -2.46. The fourth-order valence-corrected chi connectivity index (χ4v) is 3.67. The lowest BCUT2D eigenvalue weighted by atomic mass is 9.99. The molecule has 0 unspecified atom stereocenters. The third kappa shape index (κ3) is 3.35. The number of anilines is 1. The fourth-order valence-electron chi connectivity index (χ4n) is 3.67. The average molecular weight is 302 g/mol. The van der Waals surface area contributed by atoms with Crippen LogP contribution in [0, 0.1) is 0 Å². The lowest BCUT2D eigenvalue weighted by Gasteiger charge is -2.41. The number of rotatable bonds is 3. The zero-order valence-corrected chi connectivity index (χ0v) is 13.1. The van der Waals surface area contributed by atoms with E-state index in [-0.39, 0.29) is 5.84 Å². The maximum Gasteiger partial charge on any atom is 0.170 e. The van der Waals surface area contributed by atoms with Gasteiger partial charge in [-0.3, -0.25) is 0 Å². The van der Waals surface area contributed by atoms with Gasteiger partial charge < -0.3 is 20.7 Å². The van der Waals surface area contributed by atoms with E-state index in [1.807, 2.05) is 12.1 Å². The average Bonchev–Trinajstić information content (AvgIpc) is 2.62. The Balaban J connectivity index is 1.56. The zero-order valence-electron chi connectivity index (χ0n) is 13.1. The third-order valence-electron chi connectivity index (χ3n) is 5.01. The molecule has 1 aromatic rings. The summed E-state index contributed by atoms with van der Waals surface area (Å²) in [6.07, 6.45) is 6.65. The van der Waals surface area contributed by atoms with Crippen LogP contribution in [0.15, 0.2) is 29.4 Å². The van der Waals surface area contributed by atoms with Crippen LogP contribution in [0.1, 0.15) is 37.7 Å². The summed E-state index contributed by atoms with van der Waals surface area (Å²) < 4.78 is 0. The second-order valence-electron chi connectivity index (χ2n) is 6.35. The van der Waals surface area contributed by atoms with Gasteiger partial charge in [-0.2, -0.15) is 0 Å². The lowest BCUT2D eigenvalue weighted by molar-refractivity contribution is 0.141. The van der Waals surface area contributed by atoms with Crippen molar-refractivity contribution >= 4 is 11.5 Å². The van der Waals surface area contributed by atoms with Crippen molar-refractivity contribution in [1.82, 2.24) is 4.90 Å². The van der Waals surface area contributed by atoms with Crippen LogP contribution in [0.2, 0.25) is 0 Å². The number of nitrogens with zero attached hydrogens (tertiary/aromatic N) is 3. The van der Waals surface area contributed by atoms with Gasteiger partial charge in [-0.25, -0.2) is 0 Å². The summed E-state index contributed by atoms with van der Waals surface area (Å²) >= 11 is 0. The van der Waals surface area contributed by atoms with Crippen molar-refractivity contribution in [3.8, 4) is 0 Å². The van der Waals surface area contributed by atoms with Crippen molar-refractivity contribution in [2.24, 2.45) is 10.9 Å². The Morgan fingerprint density at radius 1 is 1.00 bits per heavy atom. The first-order chi connectivity index (χ1) is 10.8. The summed E-state index contributed by atoms with van der Waals surface area (Å²) in [6.45, 7) is 4.81. The van der Waals surface area contributed by atoms with Crippen molar-refractivity contribution in [2.75, 3.05) is 31.1 Å². The quantitative estimate of drug-likeness (QED) is 0.389. The molecular weight excluding hydrogens is 276 g/mol. The van der Waals surface area contributed by atoms with E-state index in [2.05, 4.69) is 27.1 Å². The number of nitrogens with two attached hydrogens (primary N) is 1. The summed E-state index contributed by atoms with van der Waals surface area (Å²) in [5, 5.41) is 11.7. The number of oxime groups is 1. The van der Waals surface area contributed by atoms with Crippen LogP contribution in [0.25, 0.3) is 0 Å². The molecule has 3 N–H and O–H groups in total. The summed E-state index contributed by atoms with van der Waals surface area (Å²) in [6, 6.07) is 8.73. The summed E-state index contributed by atoms with van der Waals surface area (Å²) in [5.74, 6) is 0.162. The van der Waals surface area contributed by atoms with Gasteiger partial charge in [-0.05, 0) is 63.0 Å². The molecule has 0 amide bonds. The van der Waals surface area contributed by atoms with Crippen LogP contribution in [-0.2, 0) is 0 Å². The number of hydrogen-bond acceptors (Lipinski definition) is 4. The topological polar surface area (TPSA) is 65.1 Å². The normalized spacial score (nSPS) is 22.0. The molecule has 2 aliphatic heterocycles. The van der Waals surface area contributed by atoms with Crippen molar-refractivity contribution in [3.05, 3.63) is 29.8 Å². The minimum absolute atomic E-state index is 0.162. The second kappa shape index (κ2) is 7.01. The molecule has 0 aliphatic carbocycles. The van der Waals surface area contributed by atoms with E-state index in [9.17, 15) is 0 Å². The Labute approximate surface area is 132 Å². The minimum Gasteiger partial charge on any atom is -0.409 e. The van der Waals surface area contributed by atoms with Crippen molar-refractivity contribution in [1.29, 1.82) is 0 Å². The maximum absolute atomic E-state index is 8.71. The van der Waals surface area contributed by atoms with Gasteiger partial charge in [-0.15, -0.1) is 0 Å². The molecule has 0 spiro atoms. The van der Waals surface area contributed by atoms with Crippen LogP contribution in [-0.4, -0.2) is 48.2 Å². The Hall–Kier alpha value is -1.75. The molecule has 3 rings (SSSR count). The Morgan fingerprint density at radius 2 is 1.64 bits per heavy atom. The molecule has 0 saturated carbocycles. The van der Waals surface area contributed by atoms with Gasteiger partial charge in [0.05, 0.1) is 0 Å². The van der Waals surface area contributed by atoms with Crippen molar-refractivity contribution in [2.45, 2.75) is 38.1 Å². The summed E-state index contributed by atoms with van der Waals surface area (Å²) in [5.41, 5.74) is 7.59. The van der Waals surface area contributed by atoms with Crippen LogP contribution in [0.4, 0.5) is 5.69 Å². The highest BCUT2D eigenvalue weighted by Gasteiger charge is 2.25. The van der Waals surface area contributed by atoms with E-state index in [1.165, 1.54) is 50.9 Å². The monoisotopic (exact) mass is 302 g/mol. The van der Waals surface area contributed by atoms with E-state index >= 15 is 0 Å². The minimum atomic E-state index is 0.162. The molecule has 5 heteroatoms. The van der Waals surface area contributed by atoms with Crippen LogP contribution < -0.4 is 10.6 Å². The number of piperidine rings is 2. The summed E-state index contributed by atoms with van der Waals surface area (Å²) in [7, 11) is 0. The predicted molar refractivity (Wildman–Crippen MR) is 89.6 cm³/mol. The molecule has 2 saturated heterocycles. The molecule has 0 aromatic heterocycles. The standard InChI is InChI=1S/C17H26N4O/c18-17(19-22)14-4-6-15(7-5-14)21-12-8-16(9-13-21)20-10-2-1-3-11-20/h4-7,16,22H,1-3,8-13H2,(H2,18,19). The predicted octanol–water partition coefficient (Wildman–Crippen LogP) is 2.24. The highest BCUT2D eigenvalue weighted by molar-refractivity contribution is 5.97. The molecule has 2 aliphatic rings. The number of amidine groups is 1. The molecule has 2 fully saturated rings. The van der Waals surface area contributed by atoms with E-state index in [1.54, 1.807) is 0 Å². The third-order valence-corrected chi connectivity index (χ3v) is 5.01. The molecule has 1 aromatic carbocycles. The van der Waals surface area contributed by atoms with Gasteiger partial charge in [0.2, 0.25) is 0 Å². The van der Waals surface area contributed by atoms with Gasteiger partial charge in [-0.1, -0.05) is 11.6 Å². The Bertz CT molecular complexity index is 500. The van der Waals surface area contributed by atoms with E-state index in [4.69, 9.17) is 10.9 Å². The van der Waals surface area contributed by atoms with Gasteiger partial charge in [0.25, 0.3) is 0 Å². The van der Waals surface area contributed by atoms with E-state index in [0.717, 1.165) is 24.7 Å². The SMILES string of the molecule is NC(=NO)c1ccc(N2CCC(N3CCCCC3)CC2)cc1. The first-order valence-corrected chi connectivity index (χ1v) is 8.35. The maximum atomic E-state index is 8.71. The van der Waals surface area contributed by atoms with E-state index in [0.29, 0.717) is 0 Å². The number of hydrogen-bond donors (Lipinski definition) is 2. The van der Waals surface area contributed by atoms with Crippen LogP contribution in [0.3, 0.4) is 0 Å². The molecule has 0 bridgehead atoms. The van der Waals surface area contributed by atoms with Crippen molar-refractivity contribution in [3.63, 3.8) is 0 Å². The first-order valence-electron chi connectivity index (χ1n) is 8.35. The molecular formula is C17H26N4O. The molecule has 5 nitrogen and oxygen atoms in total. The Morgan fingerprint density at radius 3 is 2.23 bits per heavy atom. The number of benzene rings is 1. The zero-order chi connectivity index (χ0) is 15.4. The molecule has 22 heavy (non-hydrogen) atoms. The van der Waals surface area contributed by atoms with Gasteiger partial charge in [0.15, 0.2) is 5.84 Å². The van der Waals surface area contributed by atoms with Gasteiger partial charge >= 0.3 is 0 Å².